The molecule has 0 aliphatic carbocycles. The van der Waals surface area contributed by atoms with Crippen LogP contribution in [0.3, 0.4) is 0 Å². The number of rotatable bonds is 6. The number of esters is 1. The standard InChI is InChI=1S/C14H22N2O2/c1-5-6-7-8-14(10-15,11-16)9-12(17)18-13(2,3)4/h5-9H2,1-4H3. The number of hydrogen-bond donors (Lipinski definition) is 0. The molecule has 0 saturated carbocycles. The van der Waals surface area contributed by atoms with Gasteiger partial charge in [-0.25, -0.2) is 0 Å². The maximum Gasteiger partial charge on any atom is 0.309 e. The molecule has 0 aromatic carbocycles. The smallest absolute Gasteiger partial charge is 0.309 e. The van der Waals surface area contributed by atoms with Gasteiger partial charge >= 0.3 is 5.97 Å². The summed E-state index contributed by atoms with van der Waals surface area (Å²) in [4.78, 5) is 11.7. The maximum absolute atomic E-state index is 11.7. The van der Waals surface area contributed by atoms with Gasteiger partial charge in [0.2, 0.25) is 0 Å². The molecule has 0 aliphatic heterocycles. The maximum atomic E-state index is 11.7. The second kappa shape index (κ2) is 7.01. The summed E-state index contributed by atoms with van der Waals surface area (Å²) in [5.41, 5.74) is -1.82. The van der Waals surface area contributed by atoms with Gasteiger partial charge in [0.05, 0.1) is 18.6 Å². The minimum absolute atomic E-state index is 0.152. The Morgan fingerprint density at radius 2 is 1.72 bits per heavy atom. The third kappa shape index (κ3) is 6.25. The van der Waals surface area contributed by atoms with E-state index in [0.717, 1.165) is 19.3 Å². The fourth-order valence-corrected chi connectivity index (χ4v) is 1.61. The molecule has 100 valence electrons. The molecular weight excluding hydrogens is 228 g/mol. The molecule has 0 saturated heterocycles. The third-order valence-corrected chi connectivity index (χ3v) is 2.50. The Morgan fingerprint density at radius 1 is 1.17 bits per heavy atom. The first kappa shape index (κ1) is 16.4. The second-order valence-corrected chi connectivity index (χ2v) is 5.53. The van der Waals surface area contributed by atoms with E-state index in [4.69, 9.17) is 15.3 Å². The first-order valence-corrected chi connectivity index (χ1v) is 6.33. The zero-order valence-corrected chi connectivity index (χ0v) is 11.7. The number of ether oxygens (including phenoxy) is 1. The Balaban J connectivity index is 4.58. The molecular formula is C14H22N2O2. The van der Waals surface area contributed by atoms with Crippen LogP contribution in [0.1, 0.15) is 59.8 Å². The molecule has 0 radical (unpaired) electrons. The number of nitrogens with zero attached hydrogens (tertiary/aromatic N) is 2. The van der Waals surface area contributed by atoms with E-state index in [2.05, 4.69) is 0 Å². The molecule has 0 atom stereocenters. The Labute approximate surface area is 110 Å². The number of nitriles is 2. The highest BCUT2D eigenvalue weighted by Crippen LogP contribution is 2.29. The van der Waals surface area contributed by atoms with Gasteiger partial charge < -0.3 is 4.74 Å². The highest BCUT2D eigenvalue weighted by molar-refractivity contribution is 5.72. The van der Waals surface area contributed by atoms with Crippen LogP contribution < -0.4 is 0 Å². The molecule has 0 aromatic heterocycles. The molecule has 18 heavy (non-hydrogen) atoms. The average molecular weight is 250 g/mol. The van der Waals surface area contributed by atoms with Gasteiger partial charge in [-0.2, -0.15) is 10.5 Å². The van der Waals surface area contributed by atoms with Crippen LogP contribution in [-0.4, -0.2) is 11.6 Å². The van der Waals surface area contributed by atoms with Gasteiger partial charge in [0.25, 0.3) is 0 Å². The van der Waals surface area contributed by atoms with E-state index in [0.29, 0.717) is 6.42 Å². The van der Waals surface area contributed by atoms with Crippen LogP contribution in [-0.2, 0) is 9.53 Å². The van der Waals surface area contributed by atoms with Gasteiger partial charge in [-0.1, -0.05) is 26.2 Å². The fourth-order valence-electron chi connectivity index (χ4n) is 1.61. The molecule has 0 unspecified atom stereocenters. The Morgan fingerprint density at radius 3 is 2.11 bits per heavy atom. The molecule has 0 aliphatic rings. The van der Waals surface area contributed by atoms with Gasteiger partial charge in [0.1, 0.15) is 5.60 Å². The van der Waals surface area contributed by atoms with Gasteiger partial charge in [0.15, 0.2) is 5.41 Å². The van der Waals surface area contributed by atoms with E-state index < -0.39 is 17.0 Å². The van der Waals surface area contributed by atoms with E-state index in [1.807, 2.05) is 19.1 Å². The minimum atomic E-state index is -1.24. The van der Waals surface area contributed by atoms with Crippen molar-refractivity contribution < 1.29 is 9.53 Å². The van der Waals surface area contributed by atoms with Crippen molar-refractivity contribution in [2.45, 2.75) is 65.4 Å². The minimum Gasteiger partial charge on any atom is -0.460 e. The van der Waals surface area contributed by atoms with E-state index in [1.54, 1.807) is 20.8 Å². The van der Waals surface area contributed by atoms with Gasteiger partial charge in [-0.3, -0.25) is 4.79 Å². The molecule has 0 amide bonds. The van der Waals surface area contributed by atoms with Crippen molar-refractivity contribution in [3.05, 3.63) is 0 Å². The lowest BCUT2D eigenvalue weighted by atomic mass is 9.82. The number of hydrogen-bond acceptors (Lipinski definition) is 4. The molecule has 4 heteroatoms. The molecule has 4 nitrogen and oxygen atoms in total. The lowest BCUT2D eigenvalue weighted by Crippen LogP contribution is -2.29. The summed E-state index contributed by atoms with van der Waals surface area (Å²) in [6.07, 6.45) is 3.02. The topological polar surface area (TPSA) is 73.9 Å². The van der Waals surface area contributed by atoms with Gasteiger partial charge in [-0.15, -0.1) is 0 Å². The second-order valence-electron chi connectivity index (χ2n) is 5.53. The summed E-state index contributed by atoms with van der Waals surface area (Å²) in [5, 5.41) is 18.3. The molecule has 0 fully saturated rings. The van der Waals surface area contributed by atoms with Crippen molar-refractivity contribution in [2.75, 3.05) is 0 Å². The molecule has 0 heterocycles. The van der Waals surface area contributed by atoms with Crippen molar-refractivity contribution in [3.8, 4) is 12.1 Å². The molecule has 0 aromatic rings. The Bertz CT molecular complexity index is 341. The predicted molar refractivity (Wildman–Crippen MR) is 68.3 cm³/mol. The Kier molecular flexibility index (Phi) is 6.41. The molecule has 0 bridgehead atoms. The van der Waals surface area contributed by atoms with Crippen LogP contribution in [0.25, 0.3) is 0 Å². The molecule has 0 spiro atoms. The van der Waals surface area contributed by atoms with Crippen molar-refractivity contribution in [2.24, 2.45) is 5.41 Å². The van der Waals surface area contributed by atoms with Gasteiger partial charge in [-0.05, 0) is 27.2 Å². The lowest BCUT2D eigenvalue weighted by Gasteiger charge is -2.23. The van der Waals surface area contributed by atoms with Crippen molar-refractivity contribution in [1.82, 2.24) is 0 Å². The van der Waals surface area contributed by atoms with Crippen LogP contribution in [0.5, 0.6) is 0 Å². The SMILES string of the molecule is CCCCCC(C#N)(C#N)CC(=O)OC(C)(C)C. The summed E-state index contributed by atoms with van der Waals surface area (Å²) in [6, 6.07) is 3.96. The number of carbonyl (C=O) groups is 1. The highest BCUT2D eigenvalue weighted by atomic mass is 16.6. The Hall–Kier alpha value is -1.55. The van der Waals surface area contributed by atoms with E-state index in [1.165, 1.54) is 0 Å². The third-order valence-electron chi connectivity index (χ3n) is 2.50. The normalized spacial score (nSPS) is 11.4. The summed E-state index contributed by atoms with van der Waals surface area (Å²) in [7, 11) is 0. The summed E-state index contributed by atoms with van der Waals surface area (Å²) >= 11 is 0. The zero-order chi connectivity index (χ0) is 14.2. The highest BCUT2D eigenvalue weighted by Gasteiger charge is 2.34. The van der Waals surface area contributed by atoms with E-state index in [9.17, 15) is 4.79 Å². The quantitative estimate of drug-likeness (QED) is 0.535. The average Bonchev–Trinajstić information content (AvgIpc) is 2.25. The first-order valence-electron chi connectivity index (χ1n) is 6.33. The van der Waals surface area contributed by atoms with Crippen LogP contribution in [0.4, 0.5) is 0 Å². The van der Waals surface area contributed by atoms with Crippen molar-refractivity contribution in [1.29, 1.82) is 10.5 Å². The van der Waals surface area contributed by atoms with E-state index >= 15 is 0 Å². The predicted octanol–water partition coefficient (Wildman–Crippen LogP) is 3.33. The largest absolute Gasteiger partial charge is 0.460 e. The summed E-state index contributed by atoms with van der Waals surface area (Å²) in [6.45, 7) is 7.35. The van der Waals surface area contributed by atoms with Crippen molar-refractivity contribution >= 4 is 5.97 Å². The molecule has 0 rings (SSSR count). The van der Waals surface area contributed by atoms with Crippen LogP contribution in [0, 0.1) is 28.1 Å². The number of unbranched alkanes of at least 4 members (excludes halogenated alkanes) is 2. The first-order chi connectivity index (χ1) is 8.28. The fraction of sp³-hybridized carbons (Fsp3) is 0.786. The number of carbonyl (C=O) groups excluding carboxylic acids is 1. The van der Waals surface area contributed by atoms with Gasteiger partial charge in [0, 0.05) is 0 Å². The summed E-state index contributed by atoms with van der Waals surface area (Å²) in [5.74, 6) is -0.484. The van der Waals surface area contributed by atoms with Crippen LogP contribution in [0.15, 0.2) is 0 Å². The monoisotopic (exact) mass is 250 g/mol. The van der Waals surface area contributed by atoms with Crippen LogP contribution >= 0.6 is 0 Å². The van der Waals surface area contributed by atoms with E-state index in [-0.39, 0.29) is 6.42 Å². The van der Waals surface area contributed by atoms with Crippen LogP contribution in [0.2, 0.25) is 0 Å². The molecule has 0 N–H and O–H groups in total. The lowest BCUT2D eigenvalue weighted by molar-refractivity contribution is -0.156. The summed E-state index contributed by atoms with van der Waals surface area (Å²) < 4.78 is 5.16. The van der Waals surface area contributed by atoms with Crippen molar-refractivity contribution in [3.63, 3.8) is 0 Å². The zero-order valence-electron chi connectivity index (χ0n) is 11.7.